The van der Waals surface area contributed by atoms with Crippen LogP contribution < -0.4 is 0 Å². The van der Waals surface area contributed by atoms with E-state index in [0.29, 0.717) is 4.47 Å². The van der Waals surface area contributed by atoms with Crippen molar-refractivity contribution in [3.05, 3.63) is 63.9 Å². The van der Waals surface area contributed by atoms with E-state index in [1.54, 1.807) is 18.2 Å². The molecule has 0 atom stereocenters. The Morgan fingerprint density at radius 2 is 1.62 bits per heavy atom. The molecule has 0 spiro atoms. The lowest BCUT2D eigenvalue weighted by Gasteiger charge is -2.04. The number of hydrogen-bond acceptors (Lipinski definition) is 1. The molecule has 0 saturated heterocycles. The van der Waals surface area contributed by atoms with Crippen LogP contribution in [-0.4, -0.2) is 5.11 Å². The summed E-state index contributed by atoms with van der Waals surface area (Å²) in [5.41, 5.74) is 2.11. The summed E-state index contributed by atoms with van der Waals surface area (Å²) in [6.07, 6.45) is 0.721. The van der Waals surface area contributed by atoms with E-state index in [-0.39, 0.29) is 11.6 Å². The third-order valence-electron chi connectivity index (χ3n) is 2.33. The SMILES string of the molecule is Oc1ccc(Cc2ccc(F)cc2)cc1Br. The monoisotopic (exact) mass is 280 g/mol. The van der Waals surface area contributed by atoms with E-state index in [9.17, 15) is 9.50 Å². The highest BCUT2D eigenvalue weighted by Gasteiger charge is 2.01. The van der Waals surface area contributed by atoms with Gasteiger partial charge in [-0.1, -0.05) is 18.2 Å². The number of phenols is 1. The average molecular weight is 281 g/mol. The van der Waals surface area contributed by atoms with Crippen molar-refractivity contribution in [1.82, 2.24) is 0 Å². The zero-order valence-electron chi connectivity index (χ0n) is 8.45. The van der Waals surface area contributed by atoms with Crippen LogP contribution in [0.15, 0.2) is 46.9 Å². The molecular formula is C13H10BrFO. The maximum absolute atomic E-state index is 12.7. The van der Waals surface area contributed by atoms with E-state index < -0.39 is 0 Å². The van der Waals surface area contributed by atoms with Gasteiger partial charge < -0.3 is 5.11 Å². The van der Waals surface area contributed by atoms with Gasteiger partial charge in [0.05, 0.1) is 4.47 Å². The van der Waals surface area contributed by atoms with Crippen LogP contribution in [0.4, 0.5) is 4.39 Å². The Hall–Kier alpha value is -1.35. The Balaban J connectivity index is 2.20. The van der Waals surface area contributed by atoms with Crippen molar-refractivity contribution < 1.29 is 9.50 Å². The molecule has 0 aromatic heterocycles. The van der Waals surface area contributed by atoms with E-state index >= 15 is 0 Å². The van der Waals surface area contributed by atoms with Crippen LogP contribution >= 0.6 is 15.9 Å². The van der Waals surface area contributed by atoms with Gasteiger partial charge in [-0.2, -0.15) is 0 Å². The Kier molecular flexibility index (Phi) is 3.25. The Labute approximate surface area is 102 Å². The van der Waals surface area contributed by atoms with Crippen LogP contribution in [-0.2, 0) is 6.42 Å². The fourth-order valence-corrected chi connectivity index (χ4v) is 1.92. The predicted molar refractivity (Wildman–Crippen MR) is 65.0 cm³/mol. The van der Waals surface area contributed by atoms with Gasteiger partial charge in [0.15, 0.2) is 0 Å². The van der Waals surface area contributed by atoms with E-state index in [0.717, 1.165) is 17.5 Å². The fraction of sp³-hybridized carbons (Fsp3) is 0.0769. The van der Waals surface area contributed by atoms with Gasteiger partial charge in [0.2, 0.25) is 0 Å². The topological polar surface area (TPSA) is 20.2 Å². The molecule has 0 aliphatic heterocycles. The van der Waals surface area contributed by atoms with Crippen molar-refractivity contribution >= 4 is 15.9 Å². The molecule has 0 aliphatic carbocycles. The summed E-state index contributed by atoms with van der Waals surface area (Å²) in [7, 11) is 0. The molecule has 0 saturated carbocycles. The Bertz CT molecular complexity index is 494. The van der Waals surface area contributed by atoms with Gasteiger partial charge in [-0.3, -0.25) is 0 Å². The molecule has 1 nitrogen and oxygen atoms in total. The first-order valence-corrected chi connectivity index (χ1v) is 5.66. The summed E-state index contributed by atoms with van der Waals surface area (Å²) in [6.45, 7) is 0. The quantitative estimate of drug-likeness (QED) is 0.885. The normalized spacial score (nSPS) is 10.4. The molecule has 2 rings (SSSR count). The molecule has 2 aromatic rings. The highest BCUT2D eigenvalue weighted by atomic mass is 79.9. The maximum atomic E-state index is 12.7. The minimum Gasteiger partial charge on any atom is -0.507 e. The molecule has 2 aromatic carbocycles. The van der Waals surface area contributed by atoms with Gasteiger partial charge in [0.1, 0.15) is 11.6 Å². The van der Waals surface area contributed by atoms with Gasteiger partial charge in [0.25, 0.3) is 0 Å². The minimum atomic E-state index is -0.226. The second-order valence-corrected chi connectivity index (χ2v) is 4.44. The lowest BCUT2D eigenvalue weighted by Crippen LogP contribution is -1.88. The second kappa shape index (κ2) is 4.66. The van der Waals surface area contributed by atoms with Crippen LogP contribution in [0.25, 0.3) is 0 Å². The maximum Gasteiger partial charge on any atom is 0.129 e. The van der Waals surface area contributed by atoms with Crippen molar-refractivity contribution in [2.24, 2.45) is 0 Å². The van der Waals surface area contributed by atoms with Gasteiger partial charge in [-0.15, -0.1) is 0 Å². The Morgan fingerprint density at radius 1 is 1.00 bits per heavy atom. The van der Waals surface area contributed by atoms with Crippen LogP contribution in [0, 0.1) is 5.82 Å². The van der Waals surface area contributed by atoms with Gasteiger partial charge in [0, 0.05) is 0 Å². The Morgan fingerprint density at radius 3 is 2.25 bits per heavy atom. The summed E-state index contributed by atoms with van der Waals surface area (Å²) in [5, 5.41) is 9.35. The van der Waals surface area contributed by atoms with E-state index in [1.807, 2.05) is 12.1 Å². The third kappa shape index (κ3) is 2.61. The molecule has 16 heavy (non-hydrogen) atoms. The van der Waals surface area contributed by atoms with E-state index in [4.69, 9.17) is 0 Å². The first-order valence-electron chi connectivity index (χ1n) is 4.87. The van der Waals surface area contributed by atoms with Crippen LogP contribution in [0.3, 0.4) is 0 Å². The van der Waals surface area contributed by atoms with Gasteiger partial charge in [-0.05, 0) is 57.7 Å². The number of benzene rings is 2. The van der Waals surface area contributed by atoms with Crippen molar-refractivity contribution in [2.45, 2.75) is 6.42 Å². The highest BCUT2D eigenvalue weighted by molar-refractivity contribution is 9.10. The zero-order valence-corrected chi connectivity index (χ0v) is 10.0. The molecule has 0 unspecified atom stereocenters. The van der Waals surface area contributed by atoms with Crippen LogP contribution in [0.1, 0.15) is 11.1 Å². The van der Waals surface area contributed by atoms with Crippen LogP contribution in [0.2, 0.25) is 0 Å². The molecule has 0 aliphatic rings. The largest absolute Gasteiger partial charge is 0.507 e. The second-order valence-electron chi connectivity index (χ2n) is 3.59. The van der Waals surface area contributed by atoms with Gasteiger partial charge >= 0.3 is 0 Å². The predicted octanol–water partition coefficient (Wildman–Crippen LogP) is 3.88. The number of halogens is 2. The molecule has 0 fully saturated rings. The van der Waals surface area contributed by atoms with Gasteiger partial charge in [-0.25, -0.2) is 4.39 Å². The lowest BCUT2D eigenvalue weighted by atomic mass is 10.1. The zero-order chi connectivity index (χ0) is 11.5. The standard InChI is InChI=1S/C13H10BrFO/c14-12-8-10(3-6-13(12)16)7-9-1-4-11(15)5-2-9/h1-6,8,16H,7H2. The summed E-state index contributed by atoms with van der Waals surface area (Å²) in [5.74, 6) is -0.00140. The molecular weight excluding hydrogens is 271 g/mol. The molecule has 82 valence electrons. The first kappa shape index (κ1) is 11.1. The molecule has 0 heterocycles. The summed E-state index contributed by atoms with van der Waals surface area (Å²) in [6, 6.07) is 11.8. The summed E-state index contributed by atoms with van der Waals surface area (Å²) in [4.78, 5) is 0. The number of rotatable bonds is 2. The molecule has 3 heteroatoms. The third-order valence-corrected chi connectivity index (χ3v) is 2.97. The first-order chi connectivity index (χ1) is 7.65. The molecule has 0 amide bonds. The van der Waals surface area contributed by atoms with E-state index in [2.05, 4.69) is 15.9 Å². The molecule has 0 radical (unpaired) electrons. The van der Waals surface area contributed by atoms with Crippen LogP contribution in [0.5, 0.6) is 5.75 Å². The number of hydrogen-bond donors (Lipinski definition) is 1. The van der Waals surface area contributed by atoms with Crippen molar-refractivity contribution in [1.29, 1.82) is 0 Å². The van der Waals surface area contributed by atoms with Crippen molar-refractivity contribution in [3.8, 4) is 5.75 Å². The number of aromatic hydroxyl groups is 1. The number of phenolic OH excluding ortho intramolecular Hbond substituents is 1. The summed E-state index contributed by atoms with van der Waals surface area (Å²) < 4.78 is 13.4. The lowest BCUT2D eigenvalue weighted by molar-refractivity contribution is 0.471. The van der Waals surface area contributed by atoms with E-state index in [1.165, 1.54) is 12.1 Å². The smallest absolute Gasteiger partial charge is 0.129 e. The van der Waals surface area contributed by atoms with Crippen molar-refractivity contribution in [3.63, 3.8) is 0 Å². The fourth-order valence-electron chi connectivity index (χ4n) is 1.50. The minimum absolute atomic E-state index is 0.225. The summed E-state index contributed by atoms with van der Waals surface area (Å²) >= 11 is 3.26. The molecule has 0 bridgehead atoms. The average Bonchev–Trinajstić information content (AvgIpc) is 2.27. The van der Waals surface area contributed by atoms with Crippen molar-refractivity contribution in [2.75, 3.05) is 0 Å². The highest BCUT2D eigenvalue weighted by Crippen LogP contribution is 2.25. The molecule has 1 N–H and O–H groups in total.